The lowest BCUT2D eigenvalue weighted by atomic mass is 9.89. The van der Waals surface area contributed by atoms with E-state index >= 15 is 0 Å². The average molecular weight is 546 g/mol. The van der Waals surface area contributed by atoms with Crippen molar-refractivity contribution in [1.29, 1.82) is 0 Å². The molecule has 0 radical (unpaired) electrons. The number of anilines is 3. The number of hydrogen-bond acceptors (Lipinski definition) is 4. The third-order valence-corrected chi connectivity index (χ3v) is 7.96. The number of rotatable bonds is 10. The molecule has 1 amide bonds. The second-order valence-corrected chi connectivity index (χ2v) is 10.5. The normalized spacial score (nSPS) is 14.6. The number of carbonyl (C=O) groups is 1. The van der Waals surface area contributed by atoms with Crippen LogP contribution in [0.3, 0.4) is 0 Å². The maximum Gasteiger partial charge on any atom is 0.256 e. The quantitative estimate of drug-likeness (QED) is 0.229. The summed E-state index contributed by atoms with van der Waals surface area (Å²) in [6, 6.07) is 19.7. The second-order valence-electron chi connectivity index (χ2n) is 10.5. The minimum Gasteiger partial charge on any atom is -0.351 e. The van der Waals surface area contributed by atoms with Gasteiger partial charge in [0.15, 0.2) is 0 Å². The monoisotopic (exact) mass is 545 g/mol. The van der Waals surface area contributed by atoms with Crippen LogP contribution in [0.5, 0.6) is 0 Å². The molecular formula is C32H37F2N5O. The van der Waals surface area contributed by atoms with Gasteiger partial charge in [0.1, 0.15) is 5.82 Å². The SMILES string of the molecule is CCN1CCC(c2ccc(C(=O)Nc3cc(N(CCCC(F)F)c4ccc5c(ccn5C)c4)ccn3)cc2)CC1. The number of aromatic nitrogens is 2. The number of amides is 1. The Morgan fingerprint density at radius 1 is 1.05 bits per heavy atom. The Bertz CT molecular complexity index is 1430. The number of likely N-dealkylation sites (tertiary alicyclic amines) is 1. The molecule has 1 aliphatic rings. The number of hydrogen-bond donors (Lipinski definition) is 1. The Kier molecular flexibility index (Phi) is 8.75. The lowest BCUT2D eigenvalue weighted by molar-refractivity contribution is 0.102. The van der Waals surface area contributed by atoms with Crippen molar-refractivity contribution in [2.24, 2.45) is 7.05 Å². The molecule has 0 spiro atoms. The molecule has 1 fully saturated rings. The molecule has 0 unspecified atom stereocenters. The largest absolute Gasteiger partial charge is 0.351 e. The summed E-state index contributed by atoms with van der Waals surface area (Å²) in [5, 5.41) is 3.99. The van der Waals surface area contributed by atoms with Crippen molar-refractivity contribution in [3.63, 3.8) is 0 Å². The minimum atomic E-state index is -2.35. The molecule has 0 atom stereocenters. The zero-order valence-corrected chi connectivity index (χ0v) is 23.2. The highest BCUT2D eigenvalue weighted by atomic mass is 19.3. The Balaban J connectivity index is 1.31. The van der Waals surface area contributed by atoms with Gasteiger partial charge in [0.2, 0.25) is 6.43 Å². The van der Waals surface area contributed by atoms with E-state index in [1.54, 1.807) is 12.3 Å². The molecule has 5 rings (SSSR count). The Labute approximate surface area is 234 Å². The van der Waals surface area contributed by atoms with Gasteiger partial charge in [-0.2, -0.15) is 0 Å². The van der Waals surface area contributed by atoms with E-state index in [1.165, 1.54) is 5.56 Å². The van der Waals surface area contributed by atoms with Gasteiger partial charge in [-0.1, -0.05) is 19.1 Å². The van der Waals surface area contributed by atoms with Gasteiger partial charge in [-0.3, -0.25) is 4.79 Å². The first-order chi connectivity index (χ1) is 19.4. The number of nitrogens with zero attached hydrogens (tertiary/aromatic N) is 4. The summed E-state index contributed by atoms with van der Waals surface area (Å²) >= 11 is 0. The van der Waals surface area contributed by atoms with Gasteiger partial charge in [-0.05, 0) is 92.8 Å². The number of piperidine rings is 1. The number of nitrogens with one attached hydrogen (secondary N) is 1. The highest BCUT2D eigenvalue weighted by Gasteiger charge is 2.20. The first kappa shape index (κ1) is 27.8. The zero-order chi connectivity index (χ0) is 28.1. The molecule has 6 nitrogen and oxygen atoms in total. The van der Waals surface area contributed by atoms with Crippen molar-refractivity contribution in [1.82, 2.24) is 14.5 Å². The summed E-state index contributed by atoms with van der Waals surface area (Å²) in [6.45, 7) is 5.94. The van der Waals surface area contributed by atoms with Crippen LogP contribution in [0, 0.1) is 0 Å². The van der Waals surface area contributed by atoms with Crippen LogP contribution in [0.4, 0.5) is 26.0 Å². The summed E-state index contributed by atoms with van der Waals surface area (Å²) < 4.78 is 27.9. The second kappa shape index (κ2) is 12.6. The van der Waals surface area contributed by atoms with Crippen molar-refractivity contribution in [2.45, 2.75) is 45.0 Å². The van der Waals surface area contributed by atoms with E-state index < -0.39 is 6.43 Å². The molecule has 40 heavy (non-hydrogen) atoms. The van der Waals surface area contributed by atoms with Gasteiger partial charge >= 0.3 is 0 Å². The van der Waals surface area contributed by atoms with Crippen molar-refractivity contribution >= 4 is 34.0 Å². The molecule has 0 saturated carbocycles. The third kappa shape index (κ3) is 6.50. The van der Waals surface area contributed by atoms with Crippen LogP contribution in [-0.2, 0) is 7.05 Å². The van der Waals surface area contributed by atoms with Crippen LogP contribution in [-0.4, -0.2) is 53.0 Å². The van der Waals surface area contributed by atoms with Gasteiger partial charge in [-0.25, -0.2) is 13.8 Å². The smallest absolute Gasteiger partial charge is 0.256 e. The van der Waals surface area contributed by atoms with Crippen molar-refractivity contribution in [3.8, 4) is 0 Å². The predicted molar refractivity (Wildman–Crippen MR) is 158 cm³/mol. The van der Waals surface area contributed by atoms with Gasteiger partial charge < -0.3 is 19.7 Å². The maximum atomic E-state index is 13.1. The van der Waals surface area contributed by atoms with Crippen LogP contribution < -0.4 is 10.2 Å². The van der Waals surface area contributed by atoms with Gasteiger partial charge in [-0.15, -0.1) is 0 Å². The topological polar surface area (TPSA) is 53.4 Å². The molecule has 8 heteroatoms. The van der Waals surface area contributed by atoms with E-state index in [0.717, 1.165) is 54.8 Å². The van der Waals surface area contributed by atoms with E-state index in [9.17, 15) is 13.6 Å². The Hall–Kier alpha value is -3.78. The van der Waals surface area contributed by atoms with Crippen LogP contribution in [0.2, 0.25) is 0 Å². The summed E-state index contributed by atoms with van der Waals surface area (Å²) in [5.41, 5.74) is 4.63. The predicted octanol–water partition coefficient (Wildman–Crippen LogP) is 7.21. The lowest BCUT2D eigenvalue weighted by Crippen LogP contribution is -2.32. The summed E-state index contributed by atoms with van der Waals surface area (Å²) in [7, 11) is 1.99. The summed E-state index contributed by atoms with van der Waals surface area (Å²) in [4.78, 5) is 21.9. The van der Waals surface area contributed by atoms with Crippen molar-refractivity contribution in [3.05, 3.63) is 84.2 Å². The average Bonchev–Trinajstić information content (AvgIpc) is 3.35. The number of fused-ring (bicyclic) bond motifs is 1. The van der Waals surface area contributed by atoms with Crippen LogP contribution in [0.25, 0.3) is 10.9 Å². The molecule has 0 aliphatic carbocycles. The number of aryl methyl sites for hydroxylation is 1. The molecule has 4 aromatic rings. The number of benzene rings is 2. The lowest BCUT2D eigenvalue weighted by Gasteiger charge is -2.31. The highest BCUT2D eigenvalue weighted by Crippen LogP contribution is 2.31. The van der Waals surface area contributed by atoms with E-state index in [4.69, 9.17) is 0 Å². The number of pyridine rings is 1. The third-order valence-electron chi connectivity index (χ3n) is 7.96. The molecule has 1 N–H and O–H groups in total. The fraction of sp³-hybridized carbons (Fsp3) is 0.375. The molecule has 2 aromatic carbocycles. The van der Waals surface area contributed by atoms with E-state index in [2.05, 4.69) is 40.3 Å². The molecule has 2 aromatic heterocycles. The Morgan fingerprint density at radius 2 is 1.80 bits per heavy atom. The van der Waals surface area contributed by atoms with Crippen LogP contribution in [0.15, 0.2) is 73.1 Å². The fourth-order valence-electron chi connectivity index (χ4n) is 5.58. The number of alkyl halides is 2. The molecule has 1 aliphatic heterocycles. The van der Waals surface area contributed by atoms with E-state index in [0.29, 0.717) is 30.3 Å². The summed E-state index contributed by atoms with van der Waals surface area (Å²) in [5.74, 6) is 0.717. The first-order valence-corrected chi connectivity index (χ1v) is 14.1. The number of carbonyl (C=O) groups excluding carboxylic acids is 1. The standard InChI is InChI=1S/C32H37F2N5O/c1-3-38-19-14-24(15-20-38)23-6-8-25(9-7-23)32(40)36-31-22-28(12-16-35-31)39(17-4-5-30(33)34)27-10-11-29-26(21-27)13-18-37(29)2/h6-13,16,18,21-22,24,30H,3-5,14-15,17,19-20H2,1-2H3,(H,35,36,40). The molecule has 1 saturated heterocycles. The van der Waals surface area contributed by atoms with Crippen LogP contribution >= 0.6 is 0 Å². The van der Waals surface area contributed by atoms with Crippen molar-refractivity contribution < 1.29 is 13.6 Å². The van der Waals surface area contributed by atoms with Gasteiger partial charge in [0, 0.05) is 66.3 Å². The zero-order valence-electron chi connectivity index (χ0n) is 23.2. The van der Waals surface area contributed by atoms with Gasteiger partial charge in [0.25, 0.3) is 5.91 Å². The highest BCUT2D eigenvalue weighted by molar-refractivity contribution is 6.04. The first-order valence-electron chi connectivity index (χ1n) is 14.1. The Morgan fingerprint density at radius 3 is 2.52 bits per heavy atom. The molecule has 210 valence electrons. The summed E-state index contributed by atoms with van der Waals surface area (Å²) in [6.07, 6.45) is 3.73. The minimum absolute atomic E-state index is 0.174. The van der Waals surface area contributed by atoms with Gasteiger partial charge in [0.05, 0.1) is 0 Å². The van der Waals surface area contributed by atoms with Crippen LogP contribution in [0.1, 0.15) is 54.4 Å². The van der Waals surface area contributed by atoms with E-state index in [-0.39, 0.29) is 12.3 Å². The number of halogens is 2. The van der Waals surface area contributed by atoms with Crippen molar-refractivity contribution in [2.75, 3.05) is 36.4 Å². The molecule has 3 heterocycles. The molecular weight excluding hydrogens is 508 g/mol. The van der Waals surface area contributed by atoms with E-state index in [1.807, 2.05) is 59.1 Å². The molecule has 0 bridgehead atoms. The fourth-order valence-corrected chi connectivity index (χ4v) is 5.58. The maximum absolute atomic E-state index is 13.1.